The molecule has 0 atom stereocenters. The summed E-state index contributed by atoms with van der Waals surface area (Å²) in [6.07, 6.45) is 3.68. The van der Waals surface area contributed by atoms with Gasteiger partial charge in [0, 0.05) is 19.7 Å². The smallest absolute Gasteiger partial charge is 0.274 e. The SMILES string of the molecule is O=C(c1cncc(Cl)n1)N1CCCOCC1. The fourth-order valence-electron chi connectivity index (χ4n) is 1.56. The number of hydrogen-bond donors (Lipinski definition) is 0. The molecule has 1 fully saturated rings. The predicted octanol–water partition coefficient (Wildman–Crippen LogP) is 0.992. The molecule has 1 aromatic heterocycles. The Morgan fingerprint density at radius 1 is 1.38 bits per heavy atom. The van der Waals surface area contributed by atoms with E-state index in [2.05, 4.69) is 9.97 Å². The predicted molar refractivity (Wildman–Crippen MR) is 58.4 cm³/mol. The van der Waals surface area contributed by atoms with Crippen LogP contribution < -0.4 is 0 Å². The number of nitrogens with zero attached hydrogens (tertiary/aromatic N) is 3. The first-order chi connectivity index (χ1) is 7.77. The Labute approximate surface area is 98.4 Å². The number of ether oxygens (including phenoxy) is 1. The summed E-state index contributed by atoms with van der Waals surface area (Å²) >= 11 is 5.69. The van der Waals surface area contributed by atoms with Gasteiger partial charge in [0.25, 0.3) is 5.91 Å². The zero-order valence-corrected chi connectivity index (χ0v) is 9.48. The molecular formula is C10H12ClN3O2. The zero-order valence-electron chi connectivity index (χ0n) is 8.73. The van der Waals surface area contributed by atoms with Crippen molar-refractivity contribution in [1.29, 1.82) is 0 Å². The van der Waals surface area contributed by atoms with Crippen LogP contribution in [-0.4, -0.2) is 47.1 Å². The number of rotatable bonds is 1. The quantitative estimate of drug-likeness (QED) is 0.736. The first kappa shape index (κ1) is 11.3. The summed E-state index contributed by atoms with van der Waals surface area (Å²) in [7, 11) is 0. The van der Waals surface area contributed by atoms with Crippen molar-refractivity contribution >= 4 is 17.5 Å². The number of amides is 1. The van der Waals surface area contributed by atoms with Crippen molar-refractivity contribution in [2.45, 2.75) is 6.42 Å². The number of carbonyl (C=O) groups is 1. The van der Waals surface area contributed by atoms with Crippen LogP contribution in [0.1, 0.15) is 16.9 Å². The molecular weight excluding hydrogens is 230 g/mol. The molecule has 1 saturated heterocycles. The first-order valence-corrected chi connectivity index (χ1v) is 5.50. The Kier molecular flexibility index (Phi) is 3.69. The number of hydrogen-bond acceptors (Lipinski definition) is 4. The lowest BCUT2D eigenvalue weighted by Gasteiger charge is -2.18. The lowest BCUT2D eigenvalue weighted by molar-refractivity contribution is 0.0735. The molecule has 0 saturated carbocycles. The molecule has 0 aliphatic carbocycles. The summed E-state index contributed by atoms with van der Waals surface area (Å²) in [6, 6.07) is 0. The minimum atomic E-state index is -0.138. The van der Waals surface area contributed by atoms with Crippen LogP contribution in [0.5, 0.6) is 0 Å². The number of halogens is 1. The summed E-state index contributed by atoms with van der Waals surface area (Å²) in [6.45, 7) is 2.55. The van der Waals surface area contributed by atoms with Gasteiger partial charge in [-0.25, -0.2) is 4.98 Å². The van der Waals surface area contributed by atoms with Crippen LogP contribution in [0.3, 0.4) is 0 Å². The number of carbonyl (C=O) groups excluding carboxylic acids is 1. The lowest BCUT2D eigenvalue weighted by Crippen LogP contribution is -2.33. The highest BCUT2D eigenvalue weighted by atomic mass is 35.5. The van der Waals surface area contributed by atoms with Gasteiger partial charge in [0.15, 0.2) is 0 Å². The highest BCUT2D eigenvalue weighted by Gasteiger charge is 2.18. The molecule has 2 rings (SSSR count). The van der Waals surface area contributed by atoms with Crippen molar-refractivity contribution in [2.75, 3.05) is 26.3 Å². The van der Waals surface area contributed by atoms with E-state index in [9.17, 15) is 4.79 Å². The van der Waals surface area contributed by atoms with Gasteiger partial charge < -0.3 is 9.64 Å². The van der Waals surface area contributed by atoms with E-state index in [0.29, 0.717) is 26.3 Å². The van der Waals surface area contributed by atoms with Crippen molar-refractivity contribution in [3.8, 4) is 0 Å². The molecule has 16 heavy (non-hydrogen) atoms. The maximum absolute atomic E-state index is 12.0. The van der Waals surface area contributed by atoms with Crippen molar-refractivity contribution in [2.24, 2.45) is 0 Å². The van der Waals surface area contributed by atoms with Crippen LogP contribution in [-0.2, 0) is 4.74 Å². The molecule has 1 aromatic rings. The monoisotopic (exact) mass is 241 g/mol. The van der Waals surface area contributed by atoms with Crippen LogP contribution in [0, 0.1) is 0 Å². The maximum Gasteiger partial charge on any atom is 0.274 e. The molecule has 0 N–H and O–H groups in total. The van der Waals surface area contributed by atoms with Gasteiger partial charge in [-0.15, -0.1) is 0 Å². The van der Waals surface area contributed by atoms with E-state index >= 15 is 0 Å². The Morgan fingerprint density at radius 3 is 3.06 bits per heavy atom. The summed E-state index contributed by atoms with van der Waals surface area (Å²) < 4.78 is 5.28. The molecule has 1 amide bonds. The summed E-state index contributed by atoms with van der Waals surface area (Å²) in [5, 5.41) is 0.233. The topological polar surface area (TPSA) is 55.3 Å². The van der Waals surface area contributed by atoms with E-state index in [1.54, 1.807) is 4.90 Å². The van der Waals surface area contributed by atoms with Gasteiger partial charge in [0.2, 0.25) is 0 Å². The molecule has 0 unspecified atom stereocenters. The highest BCUT2D eigenvalue weighted by molar-refractivity contribution is 6.29. The van der Waals surface area contributed by atoms with Gasteiger partial charge in [0.05, 0.1) is 19.0 Å². The van der Waals surface area contributed by atoms with Gasteiger partial charge in [-0.05, 0) is 6.42 Å². The largest absolute Gasteiger partial charge is 0.380 e. The van der Waals surface area contributed by atoms with E-state index in [0.717, 1.165) is 6.42 Å². The minimum absolute atomic E-state index is 0.138. The molecule has 0 radical (unpaired) electrons. The van der Waals surface area contributed by atoms with Crippen LogP contribution >= 0.6 is 11.6 Å². The summed E-state index contributed by atoms with van der Waals surface area (Å²) in [5.41, 5.74) is 0.286. The molecule has 0 bridgehead atoms. The highest BCUT2D eigenvalue weighted by Crippen LogP contribution is 2.08. The summed E-state index contributed by atoms with van der Waals surface area (Å²) in [4.78, 5) is 21.5. The Morgan fingerprint density at radius 2 is 2.25 bits per heavy atom. The van der Waals surface area contributed by atoms with Crippen molar-refractivity contribution in [1.82, 2.24) is 14.9 Å². The van der Waals surface area contributed by atoms with Crippen LogP contribution in [0.2, 0.25) is 5.15 Å². The van der Waals surface area contributed by atoms with Gasteiger partial charge >= 0.3 is 0 Å². The van der Waals surface area contributed by atoms with Gasteiger partial charge in [0.1, 0.15) is 10.8 Å². The normalized spacial score (nSPS) is 16.9. The van der Waals surface area contributed by atoms with Crippen molar-refractivity contribution < 1.29 is 9.53 Å². The third-order valence-corrected chi connectivity index (χ3v) is 2.52. The molecule has 0 spiro atoms. The van der Waals surface area contributed by atoms with E-state index in [4.69, 9.17) is 16.3 Å². The Hall–Kier alpha value is -1.20. The average molecular weight is 242 g/mol. The van der Waals surface area contributed by atoms with Crippen LogP contribution in [0.4, 0.5) is 0 Å². The Bertz CT molecular complexity index is 378. The van der Waals surface area contributed by atoms with E-state index in [-0.39, 0.29) is 16.8 Å². The second-order valence-electron chi connectivity index (χ2n) is 3.49. The van der Waals surface area contributed by atoms with E-state index in [1.807, 2.05) is 0 Å². The lowest BCUT2D eigenvalue weighted by atomic mass is 10.3. The van der Waals surface area contributed by atoms with Gasteiger partial charge in [-0.3, -0.25) is 9.78 Å². The third-order valence-electron chi connectivity index (χ3n) is 2.33. The molecule has 1 aliphatic heterocycles. The molecule has 6 heteroatoms. The molecule has 5 nitrogen and oxygen atoms in total. The fourth-order valence-corrected chi connectivity index (χ4v) is 1.70. The second-order valence-corrected chi connectivity index (χ2v) is 3.87. The number of aromatic nitrogens is 2. The van der Waals surface area contributed by atoms with Gasteiger partial charge in [-0.1, -0.05) is 11.6 Å². The first-order valence-electron chi connectivity index (χ1n) is 5.12. The molecule has 0 aromatic carbocycles. The van der Waals surface area contributed by atoms with Crippen molar-refractivity contribution in [3.63, 3.8) is 0 Å². The zero-order chi connectivity index (χ0) is 11.4. The van der Waals surface area contributed by atoms with E-state index in [1.165, 1.54) is 12.4 Å². The average Bonchev–Trinajstić information content (AvgIpc) is 2.56. The standard InChI is InChI=1S/C10H12ClN3O2/c11-9-7-12-6-8(13-9)10(15)14-2-1-4-16-5-3-14/h6-7H,1-5H2. The maximum atomic E-state index is 12.0. The summed E-state index contributed by atoms with van der Waals surface area (Å²) in [5.74, 6) is -0.138. The Balaban J connectivity index is 2.11. The van der Waals surface area contributed by atoms with Gasteiger partial charge in [-0.2, -0.15) is 0 Å². The minimum Gasteiger partial charge on any atom is -0.380 e. The van der Waals surface area contributed by atoms with E-state index < -0.39 is 0 Å². The molecule has 2 heterocycles. The van der Waals surface area contributed by atoms with Crippen LogP contribution in [0.25, 0.3) is 0 Å². The van der Waals surface area contributed by atoms with Crippen LogP contribution in [0.15, 0.2) is 12.4 Å². The second kappa shape index (κ2) is 5.23. The fraction of sp³-hybridized carbons (Fsp3) is 0.500. The van der Waals surface area contributed by atoms with Crippen molar-refractivity contribution in [3.05, 3.63) is 23.2 Å². The molecule has 86 valence electrons. The molecule has 1 aliphatic rings. The third kappa shape index (κ3) is 2.68.